The van der Waals surface area contributed by atoms with Gasteiger partial charge in [-0.15, -0.1) is 0 Å². The third-order valence-corrected chi connectivity index (χ3v) is 5.70. The number of hydrogen-bond donors (Lipinski definition) is 4. The van der Waals surface area contributed by atoms with Gasteiger partial charge in [0, 0.05) is 24.4 Å². The molecule has 2 atom stereocenters. The number of aromatic hydroxyl groups is 1. The average molecular weight is 466 g/mol. The lowest BCUT2D eigenvalue weighted by molar-refractivity contribution is -0.140. The molecule has 2 rings (SSSR count). The summed E-state index contributed by atoms with van der Waals surface area (Å²) in [4.78, 5) is 40.0. The Bertz CT molecular complexity index is 805. The second-order valence-corrected chi connectivity index (χ2v) is 9.50. The SMILES string of the molecule is CN(C(=O)C(CS)NC(=O)OC(C)(C)C)C(C(=O)NC1CCCCC1)c1ccccc1O. The molecule has 1 aliphatic carbocycles. The van der Waals surface area contributed by atoms with Crippen molar-refractivity contribution in [2.24, 2.45) is 0 Å². The van der Waals surface area contributed by atoms with Crippen LogP contribution in [0.4, 0.5) is 4.79 Å². The van der Waals surface area contributed by atoms with Crippen molar-refractivity contribution < 1.29 is 24.2 Å². The molecule has 0 bridgehead atoms. The van der Waals surface area contributed by atoms with Crippen molar-refractivity contribution in [3.05, 3.63) is 29.8 Å². The van der Waals surface area contributed by atoms with Gasteiger partial charge in [0.2, 0.25) is 11.8 Å². The number of nitrogens with zero attached hydrogens (tertiary/aromatic N) is 1. The number of phenols is 1. The first kappa shape index (κ1) is 25.8. The van der Waals surface area contributed by atoms with Gasteiger partial charge in [-0.3, -0.25) is 9.59 Å². The average Bonchev–Trinajstić information content (AvgIpc) is 2.72. The smallest absolute Gasteiger partial charge is 0.408 e. The van der Waals surface area contributed by atoms with Crippen LogP contribution in [0.3, 0.4) is 0 Å². The van der Waals surface area contributed by atoms with Gasteiger partial charge in [0.05, 0.1) is 0 Å². The number of likely N-dealkylation sites (N-methyl/N-ethyl adjacent to an activating group) is 1. The van der Waals surface area contributed by atoms with E-state index in [0.717, 1.165) is 32.1 Å². The maximum absolute atomic E-state index is 13.3. The van der Waals surface area contributed by atoms with Crippen molar-refractivity contribution in [2.45, 2.75) is 76.6 Å². The van der Waals surface area contributed by atoms with Crippen molar-refractivity contribution in [1.82, 2.24) is 15.5 Å². The van der Waals surface area contributed by atoms with Crippen LogP contribution in [-0.4, -0.2) is 58.4 Å². The Hall–Kier alpha value is -2.42. The summed E-state index contributed by atoms with van der Waals surface area (Å²) in [5.41, 5.74) is -0.412. The highest BCUT2D eigenvalue weighted by molar-refractivity contribution is 7.80. The molecule has 1 aromatic rings. The number of alkyl carbamates (subject to hydrolysis) is 1. The van der Waals surface area contributed by atoms with Crippen LogP contribution < -0.4 is 10.6 Å². The molecule has 1 fully saturated rings. The number of phenolic OH excluding ortho intramolecular Hbond substituents is 1. The Labute approximate surface area is 195 Å². The zero-order valence-electron chi connectivity index (χ0n) is 19.3. The molecule has 8 nitrogen and oxygen atoms in total. The molecule has 1 aliphatic rings. The zero-order chi connectivity index (χ0) is 23.9. The normalized spacial score (nSPS) is 16.5. The predicted octanol–water partition coefficient (Wildman–Crippen LogP) is 3.16. The number of carbonyl (C=O) groups is 3. The monoisotopic (exact) mass is 465 g/mol. The Morgan fingerprint density at radius 3 is 2.38 bits per heavy atom. The van der Waals surface area contributed by atoms with Crippen LogP contribution in [0.15, 0.2) is 24.3 Å². The lowest BCUT2D eigenvalue weighted by Gasteiger charge is -2.33. The third-order valence-electron chi connectivity index (χ3n) is 5.34. The molecule has 0 aromatic heterocycles. The van der Waals surface area contributed by atoms with E-state index in [4.69, 9.17) is 4.74 Å². The van der Waals surface area contributed by atoms with Crippen LogP contribution in [-0.2, 0) is 14.3 Å². The molecular weight excluding hydrogens is 430 g/mol. The molecule has 0 saturated heterocycles. The minimum absolute atomic E-state index is 0.0140. The summed E-state index contributed by atoms with van der Waals surface area (Å²) in [7, 11) is 1.48. The van der Waals surface area contributed by atoms with Gasteiger partial charge >= 0.3 is 6.09 Å². The minimum Gasteiger partial charge on any atom is -0.508 e. The molecular formula is C23H35N3O5S. The van der Waals surface area contributed by atoms with Crippen LogP contribution in [0.5, 0.6) is 5.75 Å². The largest absolute Gasteiger partial charge is 0.508 e. The van der Waals surface area contributed by atoms with Crippen molar-refractivity contribution in [3.63, 3.8) is 0 Å². The summed E-state index contributed by atoms with van der Waals surface area (Å²) in [6, 6.07) is 4.40. The fraction of sp³-hybridized carbons (Fsp3) is 0.609. The molecule has 9 heteroatoms. The van der Waals surface area contributed by atoms with E-state index < -0.39 is 29.7 Å². The lowest BCUT2D eigenvalue weighted by Crippen LogP contribution is -2.53. The summed E-state index contributed by atoms with van der Waals surface area (Å²) in [5, 5.41) is 16.0. The highest BCUT2D eigenvalue weighted by atomic mass is 32.1. The summed E-state index contributed by atoms with van der Waals surface area (Å²) >= 11 is 4.20. The van der Waals surface area contributed by atoms with Crippen LogP contribution >= 0.6 is 12.6 Å². The van der Waals surface area contributed by atoms with Crippen molar-refractivity contribution in [1.29, 1.82) is 0 Å². The summed E-state index contributed by atoms with van der Waals surface area (Å²) < 4.78 is 5.24. The van der Waals surface area contributed by atoms with Crippen LogP contribution in [0.25, 0.3) is 0 Å². The maximum Gasteiger partial charge on any atom is 0.408 e. The van der Waals surface area contributed by atoms with Gasteiger partial charge in [-0.1, -0.05) is 37.5 Å². The standard InChI is InChI=1S/C23H35N3O5S/c1-23(2,3)31-22(30)25-17(14-32)21(29)26(4)19(16-12-8-9-13-18(16)27)20(28)24-15-10-6-5-7-11-15/h8-9,12-13,15,17,19,27,32H,5-7,10-11,14H2,1-4H3,(H,24,28)(H,25,30). The van der Waals surface area contributed by atoms with Gasteiger partial charge in [0.25, 0.3) is 0 Å². The number of benzene rings is 1. The molecule has 178 valence electrons. The first-order valence-electron chi connectivity index (χ1n) is 11.0. The third kappa shape index (κ3) is 7.32. The number of thiol groups is 1. The van der Waals surface area contributed by atoms with Gasteiger partial charge < -0.3 is 25.4 Å². The first-order chi connectivity index (χ1) is 15.0. The van der Waals surface area contributed by atoms with E-state index >= 15 is 0 Å². The second kappa shape index (κ2) is 11.4. The fourth-order valence-corrected chi connectivity index (χ4v) is 4.03. The highest BCUT2D eigenvalue weighted by Gasteiger charge is 2.35. The van der Waals surface area contributed by atoms with E-state index in [0.29, 0.717) is 5.56 Å². The zero-order valence-corrected chi connectivity index (χ0v) is 20.2. The highest BCUT2D eigenvalue weighted by Crippen LogP contribution is 2.29. The maximum atomic E-state index is 13.3. The Morgan fingerprint density at radius 2 is 1.81 bits per heavy atom. The number of ether oxygens (including phenoxy) is 1. The summed E-state index contributed by atoms with van der Waals surface area (Å²) in [6.45, 7) is 5.17. The van der Waals surface area contributed by atoms with Crippen molar-refractivity contribution >= 4 is 30.5 Å². The summed E-state index contributed by atoms with van der Waals surface area (Å²) in [6.07, 6.45) is 4.26. The number of rotatable bonds is 7. The van der Waals surface area contributed by atoms with E-state index in [-0.39, 0.29) is 23.5 Å². The van der Waals surface area contributed by atoms with Gasteiger partial charge in [-0.2, -0.15) is 12.6 Å². The minimum atomic E-state index is -1.06. The molecule has 0 spiro atoms. The molecule has 0 heterocycles. The van der Waals surface area contributed by atoms with E-state index in [2.05, 4.69) is 23.3 Å². The fourth-order valence-electron chi connectivity index (χ4n) is 3.78. The number of para-hydroxylation sites is 1. The molecule has 0 radical (unpaired) electrons. The van der Waals surface area contributed by atoms with E-state index in [1.807, 2.05) is 0 Å². The van der Waals surface area contributed by atoms with Gasteiger partial charge in [0.15, 0.2) is 0 Å². The lowest BCUT2D eigenvalue weighted by atomic mass is 9.94. The topological polar surface area (TPSA) is 108 Å². The number of amides is 3. The number of carbonyl (C=O) groups excluding carboxylic acids is 3. The Balaban J connectivity index is 2.24. The molecule has 2 unspecified atom stereocenters. The Kier molecular flexibility index (Phi) is 9.24. The molecule has 3 amide bonds. The van der Waals surface area contributed by atoms with Gasteiger partial charge in [-0.25, -0.2) is 4.79 Å². The van der Waals surface area contributed by atoms with Gasteiger partial charge in [-0.05, 0) is 39.7 Å². The molecule has 0 aliphatic heterocycles. The molecule has 1 saturated carbocycles. The number of hydrogen-bond acceptors (Lipinski definition) is 6. The summed E-state index contributed by atoms with van der Waals surface area (Å²) in [5.74, 6) is -0.957. The second-order valence-electron chi connectivity index (χ2n) is 9.14. The predicted molar refractivity (Wildman–Crippen MR) is 126 cm³/mol. The van der Waals surface area contributed by atoms with Crippen molar-refractivity contribution in [2.75, 3.05) is 12.8 Å². The molecule has 1 aromatic carbocycles. The van der Waals surface area contributed by atoms with Crippen LogP contribution in [0.1, 0.15) is 64.5 Å². The molecule has 32 heavy (non-hydrogen) atoms. The van der Waals surface area contributed by atoms with Crippen molar-refractivity contribution in [3.8, 4) is 5.75 Å². The van der Waals surface area contributed by atoms with Crippen LogP contribution in [0.2, 0.25) is 0 Å². The van der Waals surface area contributed by atoms with Gasteiger partial charge in [0.1, 0.15) is 23.4 Å². The Morgan fingerprint density at radius 1 is 1.19 bits per heavy atom. The first-order valence-corrected chi connectivity index (χ1v) is 11.6. The quantitative estimate of drug-likeness (QED) is 0.463. The molecule has 3 N–H and O–H groups in total. The van der Waals surface area contributed by atoms with E-state index in [9.17, 15) is 19.5 Å². The number of nitrogens with one attached hydrogen (secondary N) is 2. The van der Waals surface area contributed by atoms with E-state index in [1.54, 1.807) is 39.0 Å². The van der Waals surface area contributed by atoms with E-state index in [1.165, 1.54) is 18.0 Å². The van der Waals surface area contributed by atoms with Crippen LogP contribution in [0, 0.1) is 0 Å².